The van der Waals surface area contributed by atoms with Crippen molar-refractivity contribution in [3.63, 3.8) is 0 Å². The molecule has 1 aromatic carbocycles. The highest BCUT2D eigenvalue weighted by Crippen LogP contribution is 2.22. The van der Waals surface area contributed by atoms with E-state index in [1.54, 1.807) is 12.1 Å². The Bertz CT molecular complexity index is 388. The number of nitrogens with one attached hydrogen (secondary N) is 1. The van der Waals surface area contributed by atoms with Crippen molar-refractivity contribution in [2.24, 2.45) is 0 Å². The highest BCUT2D eigenvalue weighted by atomic mass is 127. The minimum atomic E-state index is -0.0913. The molecule has 0 spiro atoms. The van der Waals surface area contributed by atoms with Gasteiger partial charge in [0, 0.05) is 11.6 Å². The van der Waals surface area contributed by atoms with Crippen molar-refractivity contribution in [3.8, 4) is 5.75 Å². The van der Waals surface area contributed by atoms with Gasteiger partial charge >= 0.3 is 0 Å². The van der Waals surface area contributed by atoms with Crippen LogP contribution in [0.25, 0.3) is 0 Å². The van der Waals surface area contributed by atoms with Gasteiger partial charge < -0.3 is 10.4 Å². The highest BCUT2D eigenvalue weighted by Gasteiger charge is 2.20. The van der Waals surface area contributed by atoms with Crippen molar-refractivity contribution in [2.75, 3.05) is 0 Å². The van der Waals surface area contributed by atoms with Gasteiger partial charge in [-0.25, -0.2) is 0 Å². The molecule has 80 valence electrons. The molecule has 0 saturated heterocycles. The van der Waals surface area contributed by atoms with Crippen molar-refractivity contribution in [2.45, 2.75) is 25.3 Å². The summed E-state index contributed by atoms with van der Waals surface area (Å²) in [7, 11) is 0. The van der Waals surface area contributed by atoms with Gasteiger partial charge in [-0.05, 0) is 60.1 Å². The number of carbonyl (C=O) groups is 1. The maximum absolute atomic E-state index is 11.7. The lowest BCUT2D eigenvalue weighted by atomic mass is 9.93. The molecule has 0 radical (unpaired) electrons. The fourth-order valence-electron chi connectivity index (χ4n) is 1.48. The average Bonchev–Trinajstić information content (AvgIpc) is 2.15. The van der Waals surface area contributed by atoms with Crippen LogP contribution in [0.5, 0.6) is 5.75 Å². The van der Waals surface area contributed by atoms with Crippen molar-refractivity contribution < 1.29 is 9.90 Å². The smallest absolute Gasteiger partial charge is 0.251 e. The van der Waals surface area contributed by atoms with Crippen LogP contribution in [-0.4, -0.2) is 17.1 Å². The van der Waals surface area contributed by atoms with Crippen LogP contribution in [0.15, 0.2) is 18.2 Å². The molecule has 0 aliphatic heterocycles. The van der Waals surface area contributed by atoms with Crippen LogP contribution in [0.4, 0.5) is 0 Å². The van der Waals surface area contributed by atoms with Gasteiger partial charge in [0.25, 0.3) is 5.91 Å². The summed E-state index contributed by atoms with van der Waals surface area (Å²) in [6.45, 7) is 0. The lowest BCUT2D eigenvalue weighted by Gasteiger charge is -2.26. The quantitative estimate of drug-likeness (QED) is 0.822. The Kier molecular flexibility index (Phi) is 3.14. The van der Waals surface area contributed by atoms with Gasteiger partial charge in [-0.1, -0.05) is 0 Å². The molecule has 1 aliphatic rings. The van der Waals surface area contributed by atoms with E-state index in [0.29, 0.717) is 11.6 Å². The zero-order chi connectivity index (χ0) is 10.8. The number of aromatic hydroxyl groups is 1. The number of rotatable bonds is 2. The second-order valence-electron chi connectivity index (χ2n) is 3.77. The van der Waals surface area contributed by atoms with Crippen LogP contribution in [0, 0.1) is 3.57 Å². The summed E-state index contributed by atoms with van der Waals surface area (Å²) < 4.78 is 0.757. The number of halogens is 1. The zero-order valence-electron chi connectivity index (χ0n) is 8.16. The molecule has 2 N–H and O–H groups in total. The molecule has 0 unspecified atom stereocenters. The number of hydrogen-bond acceptors (Lipinski definition) is 2. The van der Waals surface area contributed by atoms with Gasteiger partial charge in [0.1, 0.15) is 5.75 Å². The molecule has 1 aliphatic carbocycles. The van der Waals surface area contributed by atoms with E-state index in [9.17, 15) is 9.90 Å². The van der Waals surface area contributed by atoms with Gasteiger partial charge in [0.05, 0.1) is 3.57 Å². The minimum Gasteiger partial charge on any atom is -0.507 e. The third-order valence-electron chi connectivity index (χ3n) is 2.65. The fraction of sp³-hybridized carbons (Fsp3) is 0.364. The first-order valence-electron chi connectivity index (χ1n) is 4.96. The van der Waals surface area contributed by atoms with E-state index in [1.165, 1.54) is 12.5 Å². The summed E-state index contributed by atoms with van der Waals surface area (Å²) in [5.74, 6) is 0.0725. The number of phenols is 1. The molecule has 15 heavy (non-hydrogen) atoms. The SMILES string of the molecule is O=C(NC1CCC1)c1ccc(I)c(O)c1. The molecule has 0 atom stereocenters. The van der Waals surface area contributed by atoms with Gasteiger partial charge in [-0.2, -0.15) is 0 Å². The highest BCUT2D eigenvalue weighted by molar-refractivity contribution is 14.1. The normalized spacial score (nSPS) is 15.8. The van der Waals surface area contributed by atoms with Crippen LogP contribution < -0.4 is 5.32 Å². The Balaban J connectivity index is 2.07. The maximum atomic E-state index is 11.7. The molecule has 4 heteroatoms. The topological polar surface area (TPSA) is 49.3 Å². The molecule has 0 bridgehead atoms. The predicted octanol–water partition coefficient (Wildman–Crippen LogP) is 2.28. The lowest BCUT2D eigenvalue weighted by molar-refractivity contribution is 0.0916. The molecule has 1 amide bonds. The van der Waals surface area contributed by atoms with Gasteiger partial charge in [0.2, 0.25) is 0 Å². The Morgan fingerprint density at radius 2 is 2.20 bits per heavy atom. The maximum Gasteiger partial charge on any atom is 0.251 e. The number of hydrogen-bond donors (Lipinski definition) is 2. The molecule has 2 rings (SSSR count). The number of benzene rings is 1. The average molecular weight is 317 g/mol. The molecule has 1 saturated carbocycles. The van der Waals surface area contributed by atoms with Crippen LogP contribution in [0.2, 0.25) is 0 Å². The molecule has 0 aromatic heterocycles. The van der Waals surface area contributed by atoms with E-state index < -0.39 is 0 Å². The van der Waals surface area contributed by atoms with Gasteiger partial charge in [0.15, 0.2) is 0 Å². The third-order valence-corrected chi connectivity index (χ3v) is 3.56. The number of amides is 1. The van der Waals surface area contributed by atoms with E-state index in [-0.39, 0.29) is 11.7 Å². The predicted molar refractivity (Wildman–Crippen MR) is 65.9 cm³/mol. The molecule has 1 fully saturated rings. The van der Waals surface area contributed by atoms with Crippen LogP contribution >= 0.6 is 22.6 Å². The lowest BCUT2D eigenvalue weighted by Crippen LogP contribution is -2.39. The van der Waals surface area contributed by atoms with Crippen molar-refractivity contribution in [1.29, 1.82) is 0 Å². The van der Waals surface area contributed by atoms with E-state index in [0.717, 1.165) is 16.4 Å². The molecular weight excluding hydrogens is 305 g/mol. The Hall–Kier alpha value is -0.780. The van der Waals surface area contributed by atoms with E-state index in [1.807, 2.05) is 22.6 Å². The summed E-state index contributed by atoms with van der Waals surface area (Å²) in [6, 6.07) is 5.32. The van der Waals surface area contributed by atoms with Crippen molar-refractivity contribution in [3.05, 3.63) is 27.3 Å². The zero-order valence-corrected chi connectivity index (χ0v) is 10.3. The number of carbonyl (C=O) groups excluding carboxylic acids is 1. The van der Waals surface area contributed by atoms with Gasteiger partial charge in [-0.3, -0.25) is 4.79 Å². The Morgan fingerprint density at radius 3 is 2.73 bits per heavy atom. The first-order chi connectivity index (χ1) is 7.16. The second kappa shape index (κ2) is 4.38. The van der Waals surface area contributed by atoms with Crippen LogP contribution in [0.1, 0.15) is 29.6 Å². The second-order valence-corrected chi connectivity index (χ2v) is 4.93. The van der Waals surface area contributed by atoms with Crippen LogP contribution in [-0.2, 0) is 0 Å². The summed E-state index contributed by atoms with van der Waals surface area (Å²) in [6.07, 6.45) is 3.34. The summed E-state index contributed by atoms with van der Waals surface area (Å²) in [5.41, 5.74) is 0.528. The largest absolute Gasteiger partial charge is 0.507 e. The van der Waals surface area contributed by atoms with Crippen LogP contribution in [0.3, 0.4) is 0 Å². The monoisotopic (exact) mass is 317 g/mol. The Morgan fingerprint density at radius 1 is 1.47 bits per heavy atom. The molecule has 3 nitrogen and oxygen atoms in total. The first-order valence-corrected chi connectivity index (χ1v) is 6.04. The van der Waals surface area contributed by atoms with Crippen molar-refractivity contribution in [1.82, 2.24) is 5.32 Å². The minimum absolute atomic E-state index is 0.0913. The van der Waals surface area contributed by atoms with Crippen molar-refractivity contribution >= 4 is 28.5 Å². The molecule has 1 aromatic rings. The van der Waals surface area contributed by atoms with E-state index in [4.69, 9.17) is 0 Å². The Labute approximate surface area is 102 Å². The number of phenolic OH excluding ortho intramolecular Hbond substituents is 1. The molecular formula is C11H12INO2. The van der Waals surface area contributed by atoms with E-state index in [2.05, 4.69) is 5.32 Å². The third kappa shape index (κ3) is 2.42. The molecule has 0 heterocycles. The summed E-state index contributed by atoms with van der Waals surface area (Å²) >= 11 is 2.03. The standard InChI is InChI=1S/C11H12INO2/c12-9-5-4-7(6-10(9)14)11(15)13-8-2-1-3-8/h4-6,8,14H,1-3H2,(H,13,15). The summed E-state index contributed by atoms with van der Waals surface area (Å²) in [4.78, 5) is 11.7. The summed E-state index contributed by atoms with van der Waals surface area (Å²) in [5, 5.41) is 12.4. The fourth-order valence-corrected chi connectivity index (χ4v) is 1.81. The van der Waals surface area contributed by atoms with Gasteiger partial charge in [-0.15, -0.1) is 0 Å². The first kappa shape index (κ1) is 10.7. The van der Waals surface area contributed by atoms with E-state index >= 15 is 0 Å².